The SMILES string of the molecule is Cc1cc(-c2ccccc2)nc(SCC(=O)Nc2ccc(C(F)(F)F)cc2)n1. The Bertz CT molecular complexity index is 961. The number of carbonyl (C=O) groups excluding carboxylic acids is 1. The van der Waals surface area contributed by atoms with Crippen LogP contribution in [0, 0.1) is 6.92 Å². The molecule has 1 amide bonds. The number of hydrogen-bond acceptors (Lipinski definition) is 4. The average molecular weight is 403 g/mol. The first kappa shape index (κ1) is 19.9. The van der Waals surface area contributed by atoms with E-state index < -0.39 is 11.7 Å². The van der Waals surface area contributed by atoms with E-state index >= 15 is 0 Å². The Labute approximate surface area is 164 Å². The van der Waals surface area contributed by atoms with Crippen molar-refractivity contribution >= 4 is 23.4 Å². The summed E-state index contributed by atoms with van der Waals surface area (Å²) in [5, 5.41) is 3.03. The third-order valence-electron chi connectivity index (χ3n) is 3.73. The van der Waals surface area contributed by atoms with Crippen molar-refractivity contribution in [1.29, 1.82) is 0 Å². The Kier molecular flexibility index (Phi) is 5.99. The molecule has 0 fully saturated rings. The highest BCUT2D eigenvalue weighted by Gasteiger charge is 2.29. The fourth-order valence-electron chi connectivity index (χ4n) is 2.43. The van der Waals surface area contributed by atoms with E-state index in [1.54, 1.807) is 0 Å². The fraction of sp³-hybridized carbons (Fsp3) is 0.150. The molecule has 4 nitrogen and oxygen atoms in total. The van der Waals surface area contributed by atoms with E-state index in [1.807, 2.05) is 43.3 Å². The van der Waals surface area contributed by atoms with Crippen LogP contribution < -0.4 is 5.32 Å². The zero-order valence-electron chi connectivity index (χ0n) is 14.8. The lowest BCUT2D eigenvalue weighted by atomic mass is 10.1. The van der Waals surface area contributed by atoms with Gasteiger partial charge < -0.3 is 5.32 Å². The molecule has 3 rings (SSSR count). The summed E-state index contributed by atoms with van der Waals surface area (Å²) in [5.41, 5.74) is 2.03. The number of nitrogens with one attached hydrogen (secondary N) is 1. The van der Waals surface area contributed by atoms with Crippen molar-refractivity contribution in [3.8, 4) is 11.3 Å². The molecule has 8 heteroatoms. The maximum absolute atomic E-state index is 12.6. The van der Waals surface area contributed by atoms with E-state index in [-0.39, 0.29) is 11.7 Å². The molecule has 0 aliphatic carbocycles. The molecule has 0 saturated heterocycles. The van der Waals surface area contributed by atoms with Gasteiger partial charge in [-0.2, -0.15) is 13.2 Å². The van der Waals surface area contributed by atoms with E-state index in [9.17, 15) is 18.0 Å². The van der Waals surface area contributed by atoms with Crippen molar-refractivity contribution < 1.29 is 18.0 Å². The standard InChI is InChI=1S/C20H16F3N3OS/c1-13-11-17(14-5-3-2-4-6-14)26-19(24-13)28-12-18(27)25-16-9-7-15(8-10-16)20(21,22)23/h2-11H,12H2,1H3,(H,25,27). The van der Waals surface area contributed by atoms with Gasteiger partial charge in [0.1, 0.15) is 0 Å². The third kappa shape index (κ3) is 5.32. The Hall–Kier alpha value is -2.87. The van der Waals surface area contributed by atoms with Gasteiger partial charge in [-0.05, 0) is 37.3 Å². The number of nitrogens with zero attached hydrogens (tertiary/aromatic N) is 2. The van der Waals surface area contributed by atoms with E-state index in [4.69, 9.17) is 0 Å². The van der Waals surface area contributed by atoms with Gasteiger partial charge >= 0.3 is 6.18 Å². The van der Waals surface area contributed by atoms with Gasteiger partial charge in [-0.15, -0.1) is 0 Å². The molecule has 0 aliphatic rings. The van der Waals surface area contributed by atoms with Crippen molar-refractivity contribution in [2.75, 3.05) is 11.1 Å². The Morgan fingerprint density at radius 3 is 2.36 bits per heavy atom. The van der Waals surface area contributed by atoms with Gasteiger partial charge in [0.2, 0.25) is 5.91 Å². The third-order valence-corrected chi connectivity index (χ3v) is 4.58. The molecular weight excluding hydrogens is 387 g/mol. The van der Waals surface area contributed by atoms with Crippen LogP contribution in [0.2, 0.25) is 0 Å². The second-order valence-electron chi connectivity index (χ2n) is 5.96. The molecule has 0 spiro atoms. The lowest BCUT2D eigenvalue weighted by Crippen LogP contribution is -2.14. The van der Waals surface area contributed by atoms with Crippen LogP contribution in [0.25, 0.3) is 11.3 Å². The van der Waals surface area contributed by atoms with Crippen molar-refractivity contribution in [3.05, 3.63) is 71.9 Å². The summed E-state index contributed by atoms with van der Waals surface area (Å²) in [7, 11) is 0. The van der Waals surface area contributed by atoms with Crippen molar-refractivity contribution in [3.63, 3.8) is 0 Å². The number of aromatic nitrogens is 2. The molecular formula is C20H16F3N3OS. The lowest BCUT2D eigenvalue weighted by Gasteiger charge is -2.09. The maximum Gasteiger partial charge on any atom is 0.416 e. The van der Waals surface area contributed by atoms with Gasteiger partial charge in [0.05, 0.1) is 17.0 Å². The fourth-order valence-corrected chi connectivity index (χ4v) is 3.14. The summed E-state index contributed by atoms with van der Waals surface area (Å²) < 4.78 is 37.7. The van der Waals surface area contributed by atoms with Crippen molar-refractivity contribution in [2.45, 2.75) is 18.3 Å². The second kappa shape index (κ2) is 8.43. The van der Waals surface area contributed by atoms with Crippen LogP contribution in [0.15, 0.2) is 65.8 Å². The van der Waals surface area contributed by atoms with Crippen LogP contribution in [0.3, 0.4) is 0 Å². The van der Waals surface area contributed by atoms with E-state index in [2.05, 4.69) is 15.3 Å². The Balaban J connectivity index is 1.62. The smallest absolute Gasteiger partial charge is 0.325 e. The minimum atomic E-state index is -4.41. The highest BCUT2D eigenvalue weighted by Crippen LogP contribution is 2.30. The number of amides is 1. The number of aryl methyl sites for hydroxylation is 1. The first-order valence-corrected chi connectivity index (χ1v) is 9.31. The number of hydrogen-bond donors (Lipinski definition) is 1. The van der Waals surface area contributed by atoms with Gasteiger partial charge in [0, 0.05) is 16.9 Å². The van der Waals surface area contributed by atoms with Crippen LogP contribution in [0.5, 0.6) is 0 Å². The van der Waals surface area contributed by atoms with Crippen LogP contribution in [-0.4, -0.2) is 21.6 Å². The molecule has 144 valence electrons. The van der Waals surface area contributed by atoms with Crippen molar-refractivity contribution in [2.24, 2.45) is 0 Å². The lowest BCUT2D eigenvalue weighted by molar-refractivity contribution is -0.137. The number of thioether (sulfide) groups is 1. The van der Waals surface area contributed by atoms with Gasteiger partial charge in [-0.3, -0.25) is 4.79 Å². The quantitative estimate of drug-likeness (QED) is 0.470. The minimum absolute atomic E-state index is 0.0404. The molecule has 0 bridgehead atoms. The normalized spacial score (nSPS) is 11.3. The van der Waals surface area contributed by atoms with E-state index in [0.29, 0.717) is 10.8 Å². The molecule has 3 aromatic rings. The monoisotopic (exact) mass is 403 g/mol. The first-order chi connectivity index (χ1) is 13.3. The molecule has 0 atom stereocenters. The average Bonchev–Trinajstić information content (AvgIpc) is 2.66. The van der Waals surface area contributed by atoms with Gasteiger partial charge in [0.15, 0.2) is 5.16 Å². The Morgan fingerprint density at radius 2 is 1.71 bits per heavy atom. The van der Waals surface area contributed by atoms with Crippen LogP contribution in [-0.2, 0) is 11.0 Å². The van der Waals surface area contributed by atoms with Gasteiger partial charge in [-0.25, -0.2) is 9.97 Å². The predicted molar refractivity (Wildman–Crippen MR) is 103 cm³/mol. The molecule has 0 unspecified atom stereocenters. The molecule has 28 heavy (non-hydrogen) atoms. The first-order valence-electron chi connectivity index (χ1n) is 8.32. The van der Waals surface area contributed by atoms with E-state index in [0.717, 1.165) is 40.8 Å². The maximum atomic E-state index is 12.6. The Morgan fingerprint density at radius 1 is 1.04 bits per heavy atom. The zero-order chi connectivity index (χ0) is 20.1. The van der Waals surface area contributed by atoms with E-state index in [1.165, 1.54) is 12.1 Å². The highest BCUT2D eigenvalue weighted by molar-refractivity contribution is 7.99. The summed E-state index contributed by atoms with van der Waals surface area (Å²) in [5.74, 6) is -0.310. The topological polar surface area (TPSA) is 54.9 Å². The summed E-state index contributed by atoms with van der Waals surface area (Å²) in [6.07, 6.45) is -4.41. The number of anilines is 1. The van der Waals surface area contributed by atoms with Crippen LogP contribution in [0.4, 0.5) is 18.9 Å². The molecule has 1 aromatic heterocycles. The predicted octanol–water partition coefficient (Wildman–Crippen LogP) is 5.20. The minimum Gasteiger partial charge on any atom is -0.325 e. The number of rotatable bonds is 5. The number of benzene rings is 2. The molecule has 1 heterocycles. The summed E-state index contributed by atoms with van der Waals surface area (Å²) >= 11 is 1.16. The highest BCUT2D eigenvalue weighted by atomic mass is 32.2. The largest absolute Gasteiger partial charge is 0.416 e. The van der Waals surface area contributed by atoms with Crippen LogP contribution >= 0.6 is 11.8 Å². The molecule has 1 N–H and O–H groups in total. The summed E-state index contributed by atoms with van der Waals surface area (Å²) in [4.78, 5) is 20.9. The van der Waals surface area contributed by atoms with Crippen LogP contribution in [0.1, 0.15) is 11.3 Å². The molecule has 0 saturated carbocycles. The number of carbonyl (C=O) groups is 1. The zero-order valence-corrected chi connectivity index (χ0v) is 15.6. The molecule has 2 aromatic carbocycles. The number of alkyl halides is 3. The number of halogens is 3. The molecule has 0 aliphatic heterocycles. The van der Waals surface area contributed by atoms with Gasteiger partial charge in [-0.1, -0.05) is 42.1 Å². The summed E-state index contributed by atoms with van der Waals surface area (Å²) in [6.45, 7) is 1.85. The summed E-state index contributed by atoms with van der Waals surface area (Å²) in [6, 6.07) is 15.8. The van der Waals surface area contributed by atoms with Gasteiger partial charge in [0.25, 0.3) is 0 Å². The second-order valence-corrected chi connectivity index (χ2v) is 6.90. The van der Waals surface area contributed by atoms with Crippen molar-refractivity contribution in [1.82, 2.24) is 9.97 Å². The molecule has 0 radical (unpaired) electrons.